The van der Waals surface area contributed by atoms with Gasteiger partial charge in [0.1, 0.15) is 12.2 Å². The fourth-order valence-electron chi connectivity index (χ4n) is 1.94. The minimum absolute atomic E-state index is 0.675. The van der Waals surface area contributed by atoms with Gasteiger partial charge in [0.15, 0.2) is 0 Å². The van der Waals surface area contributed by atoms with Crippen LogP contribution in [0.4, 0.5) is 0 Å². The van der Waals surface area contributed by atoms with Gasteiger partial charge < -0.3 is 5.32 Å². The zero-order valence-corrected chi connectivity index (χ0v) is 10.0. The molecular weight excluding hydrogens is 188 g/mol. The third kappa shape index (κ3) is 3.63. The minimum Gasteiger partial charge on any atom is -0.319 e. The lowest BCUT2D eigenvalue weighted by molar-refractivity contribution is 0.434. The fourth-order valence-corrected chi connectivity index (χ4v) is 1.94. The van der Waals surface area contributed by atoms with E-state index in [2.05, 4.69) is 29.2 Å². The van der Waals surface area contributed by atoms with Crippen molar-refractivity contribution < 1.29 is 0 Å². The predicted octanol–water partition coefficient (Wildman–Crippen LogP) is 1.48. The molecule has 0 radical (unpaired) electrons. The second-order valence-electron chi connectivity index (χ2n) is 3.91. The topological polar surface area (TPSA) is 42.7 Å². The number of rotatable bonds is 7. The maximum Gasteiger partial charge on any atom is 0.138 e. The summed E-state index contributed by atoms with van der Waals surface area (Å²) in [6.45, 7) is 6.30. The van der Waals surface area contributed by atoms with Gasteiger partial charge in [-0.25, -0.2) is 4.98 Å². The Morgan fingerprint density at radius 1 is 1.47 bits per heavy atom. The fraction of sp³-hybridized carbons (Fsp3) is 0.818. The summed E-state index contributed by atoms with van der Waals surface area (Å²) in [5.74, 6) is 1.79. The average molecular weight is 210 g/mol. The van der Waals surface area contributed by atoms with Gasteiger partial charge >= 0.3 is 0 Å². The van der Waals surface area contributed by atoms with E-state index in [0.717, 1.165) is 25.3 Å². The first-order valence-corrected chi connectivity index (χ1v) is 5.83. The summed E-state index contributed by atoms with van der Waals surface area (Å²) in [6.07, 6.45) is 5.16. The minimum atomic E-state index is 0.675. The van der Waals surface area contributed by atoms with Gasteiger partial charge in [0.05, 0.1) is 0 Å². The van der Waals surface area contributed by atoms with E-state index in [-0.39, 0.29) is 0 Å². The number of aromatic nitrogens is 3. The summed E-state index contributed by atoms with van der Waals surface area (Å²) in [6, 6.07) is 0. The second kappa shape index (κ2) is 6.56. The molecule has 15 heavy (non-hydrogen) atoms. The quantitative estimate of drug-likeness (QED) is 0.741. The maximum atomic E-state index is 4.32. The van der Waals surface area contributed by atoms with E-state index in [1.807, 2.05) is 11.7 Å². The highest BCUT2D eigenvalue weighted by Gasteiger charge is 2.11. The normalized spacial score (nSPS) is 13.0. The summed E-state index contributed by atoms with van der Waals surface area (Å²) in [5.41, 5.74) is 0. The molecule has 86 valence electrons. The van der Waals surface area contributed by atoms with Gasteiger partial charge in [0, 0.05) is 13.0 Å². The summed E-state index contributed by atoms with van der Waals surface area (Å²) in [4.78, 5) is 4.32. The third-order valence-electron chi connectivity index (χ3n) is 2.66. The standard InChI is InChI=1S/C11H22N4/c1-4-6-10(8-12-3)7-11-13-9-14-15(11)5-2/h9-10,12H,4-8H2,1-3H3. The molecule has 1 aromatic heterocycles. The predicted molar refractivity (Wildman–Crippen MR) is 61.7 cm³/mol. The lowest BCUT2D eigenvalue weighted by Gasteiger charge is -2.15. The van der Waals surface area contributed by atoms with Crippen LogP contribution in [-0.2, 0) is 13.0 Å². The first kappa shape index (κ1) is 12.2. The van der Waals surface area contributed by atoms with Crippen molar-refractivity contribution in [3.8, 4) is 0 Å². The van der Waals surface area contributed by atoms with E-state index < -0.39 is 0 Å². The van der Waals surface area contributed by atoms with E-state index >= 15 is 0 Å². The Kier molecular flexibility index (Phi) is 5.32. The van der Waals surface area contributed by atoms with Crippen molar-refractivity contribution in [2.75, 3.05) is 13.6 Å². The van der Waals surface area contributed by atoms with Crippen LogP contribution in [0.1, 0.15) is 32.5 Å². The van der Waals surface area contributed by atoms with Crippen molar-refractivity contribution in [1.29, 1.82) is 0 Å². The van der Waals surface area contributed by atoms with Gasteiger partial charge in [0.25, 0.3) is 0 Å². The van der Waals surface area contributed by atoms with E-state index in [4.69, 9.17) is 0 Å². The van der Waals surface area contributed by atoms with E-state index in [1.165, 1.54) is 12.8 Å². The molecule has 0 aromatic carbocycles. The Balaban J connectivity index is 2.56. The Morgan fingerprint density at radius 3 is 2.87 bits per heavy atom. The van der Waals surface area contributed by atoms with Crippen LogP contribution in [0.15, 0.2) is 6.33 Å². The molecule has 0 saturated heterocycles. The van der Waals surface area contributed by atoms with E-state index in [1.54, 1.807) is 6.33 Å². The average Bonchev–Trinajstić information content (AvgIpc) is 2.66. The summed E-state index contributed by atoms with van der Waals surface area (Å²) < 4.78 is 1.98. The van der Waals surface area contributed by atoms with Crippen LogP contribution < -0.4 is 5.32 Å². The molecule has 1 unspecified atom stereocenters. The van der Waals surface area contributed by atoms with Crippen molar-refractivity contribution in [1.82, 2.24) is 20.1 Å². The molecule has 0 fully saturated rings. The number of hydrogen-bond donors (Lipinski definition) is 1. The molecule has 1 aromatic rings. The second-order valence-corrected chi connectivity index (χ2v) is 3.91. The molecule has 0 aliphatic rings. The van der Waals surface area contributed by atoms with Crippen molar-refractivity contribution in [3.05, 3.63) is 12.2 Å². The van der Waals surface area contributed by atoms with E-state index in [0.29, 0.717) is 5.92 Å². The molecule has 1 atom stereocenters. The highest BCUT2D eigenvalue weighted by Crippen LogP contribution is 2.11. The van der Waals surface area contributed by atoms with Gasteiger partial charge in [-0.05, 0) is 32.9 Å². The van der Waals surface area contributed by atoms with Crippen molar-refractivity contribution in [2.24, 2.45) is 5.92 Å². The summed E-state index contributed by atoms with van der Waals surface area (Å²) in [7, 11) is 2.01. The third-order valence-corrected chi connectivity index (χ3v) is 2.66. The molecule has 0 spiro atoms. The van der Waals surface area contributed by atoms with Crippen LogP contribution >= 0.6 is 0 Å². The van der Waals surface area contributed by atoms with E-state index in [9.17, 15) is 0 Å². The molecule has 0 amide bonds. The SMILES string of the molecule is CCCC(CNC)Cc1ncnn1CC. The molecule has 0 saturated carbocycles. The van der Waals surface area contributed by atoms with Gasteiger partial charge in [-0.1, -0.05) is 13.3 Å². The number of nitrogens with one attached hydrogen (secondary N) is 1. The van der Waals surface area contributed by atoms with Gasteiger partial charge in [0.2, 0.25) is 0 Å². The monoisotopic (exact) mass is 210 g/mol. The van der Waals surface area contributed by atoms with Gasteiger partial charge in [-0.3, -0.25) is 4.68 Å². The first-order valence-electron chi connectivity index (χ1n) is 5.83. The highest BCUT2D eigenvalue weighted by molar-refractivity contribution is 4.87. The van der Waals surface area contributed by atoms with Gasteiger partial charge in [-0.2, -0.15) is 5.10 Å². The van der Waals surface area contributed by atoms with Crippen LogP contribution in [0.3, 0.4) is 0 Å². The summed E-state index contributed by atoms with van der Waals surface area (Å²) in [5, 5.41) is 7.44. The molecule has 4 heteroatoms. The Hall–Kier alpha value is -0.900. The van der Waals surface area contributed by atoms with Crippen LogP contribution in [-0.4, -0.2) is 28.4 Å². The first-order chi connectivity index (χ1) is 7.31. The Labute approximate surface area is 92.1 Å². The van der Waals surface area contributed by atoms with Crippen LogP contribution in [0.5, 0.6) is 0 Å². The number of hydrogen-bond acceptors (Lipinski definition) is 3. The molecule has 4 nitrogen and oxygen atoms in total. The van der Waals surface area contributed by atoms with Crippen molar-refractivity contribution in [2.45, 2.75) is 39.7 Å². The smallest absolute Gasteiger partial charge is 0.138 e. The van der Waals surface area contributed by atoms with Crippen molar-refractivity contribution >= 4 is 0 Å². The van der Waals surface area contributed by atoms with Crippen LogP contribution in [0.2, 0.25) is 0 Å². The van der Waals surface area contributed by atoms with Crippen molar-refractivity contribution in [3.63, 3.8) is 0 Å². The summed E-state index contributed by atoms with van der Waals surface area (Å²) >= 11 is 0. The van der Waals surface area contributed by atoms with Crippen LogP contribution in [0.25, 0.3) is 0 Å². The Morgan fingerprint density at radius 2 is 2.27 bits per heavy atom. The largest absolute Gasteiger partial charge is 0.319 e. The molecule has 1 heterocycles. The maximum absolute atomic E-state index is 4.32. The zero-order chi connectivity index (χ0) is 11.1. The molecular formula is C11H22N4. The molecule has 0 aliphatic carbocycles. The molecule has 0 aliphatic heterocycles. The highest BCUT2D eigenvalue weighted by atomic mass is 15.3. The lowest BCUT2D eigenvalue weighted by atomic mass is 9.99. The number of nitrogens with zero attached hydrogens (tertiary/aromatic N) is 3. The zero-order valence-electron chi connectivity index (χ0n) is 10.0. The van der Waals surface area contributed by atoms with Gasteiger partial charge in [-0.15, -0.1) is 0 Å². The molecule has 1 N–H and O–H groups in total. The molecule has 1 rings (SSSR count). The Bertz CT molecular complexity index is 263. The molecule has 0 bridgehead atoms. The lowest BCUT2D eigenvalue weighted by Crippen LogP contribution is -2.22. The number of aryl methyl sites for hydroxylation is 1. The van der Waals surface area contributed by atoms with Crippen LogP contribution in [0, 0.1) is 5.92 Å².